The third-order valence-corrected chi connectivity index (χ3v) is 4.11. The van der Waals surface area contributed by atoms with Crippen molar-refractivity contribution < 1.29 is 22.9 Å². The molecular weight excluding hydrogens is 292 g/mol. The molecule has 2 aromatic carbocycles. The summed E-state index contributed by atoms with van der Waals surface area (Å²) >= 11 is 0. The Morgan fingerprint density at radius 3 is 2.24 bits per heavy atom. The number of rotatable bonds is 3. The van der Waals surface area contributed by atoms with Crippen molar-refractivity contribution in [2.24, 2.45) is 0 Å². The summed E-state index contributed by atoms with van der Waals surface area (Å²) in [6, 6.07) is 8.39. The van der Waals surface area contributed by atoms with Crippen LogP contribution in [0.2, 0.25) is 0 Å². The number of hydrogen-bond donors (Lipinski definition) is 2. The minimum atomic E-state index is -4.49. The summed E-state index contributed by atoms with van der Waals surface area (Å²) in [7, 11) is -4.49. The minimum Gasteiger partial charge on any atom is -0.508 e. The van der Waals surface area contributed by atoms with Crippen molar-refractivity contribution >= 4 is 15.9 Å². The van der Waals surface area contributed by atoms with Crippen LogP contribution in [0.4, 0.5) is 0 Å². The maximum Gasteiger partial charge on any atom is 0.295 e. The summed E-state index contributed by atoms with van der Waals surface area (Å²) in [6.07, 6.45) is 0. The highest BCUT2D eigenvalue weighted by Gasteiger charge is 2.22. The molecule has 0 aliphatic carbocycles. The lowest BCUT2D eigenvalue weighted by atomic mass is 9.97. The predicted octanol–water partition coefficient (Wildman–Crippen LogP) is 2.49. The molecule has 0 saturated heterocycles. The van der Waals surface area contributed by atoms with E-state index in [9.17, 15) is 22.9 Å². The van der Waals surface area contributed by atoms with Gasteiger partial charge < -0.3 is 5.11 Å². The number of carbonyl (C=O) groups excluding carboxylic acids is 1. The number of benzene rings is 2. The lowest BCUT2D eigenvalue weighted by Gasteiger charge is -2.10. The van der Waals surface area contributed by atoms with Crippen LogP contribution in [0.15, 0.2) is 41.3 Å². The molecule has 0 bridgehead atoms. The summed E-state index contributed by atoms with van der Waals surface area (Å²) in [6.45, 7) is 3.28. The molecule has 2 N–H and O–H groups in total. The molecule has 110 valence electrons. The standard InChI is InChI=1S/C15H14O5S/c1-9-8-13(16)10(2)7-12(9)15(17)11-5-3-4-6-14(11)21(18,19)20/h3-8,16H,1-2H3,(H,18,19,20). The Morgan fingerprint density at radius 2 is 1.62 bits per heavy atom. The summed E-state index contributed by atoms with van der Waals surface area (Å²) in [5, 5.41) is 9.61. The second-order valence-electron chi connectivity index (χ2n) is 4.75. The summed E-state index contributed by atoms with van der Waals surface area (Å²) in [4.78, 5) is 12.1. The normalized spacial score (nSPS) is 11.4. The fourth-order valence-electron chi connectivity index (χ4n) is 2.07. The first kappa shape index (κ1) is 15.2. The highest BCUT2D eigenvalue weighted by molar-refractivity contribution is 7.86. The van der Waals surface area contributed by atoms with Gasteiger partial charge >= 0.3 is 0 Å². The van der Waals surface area contributed by atoms with Crippen LogP contribution in [0.5, 0.6) is 5.75 Å². The molecule has 2 rings (SSSR count). The van der Waals surface area contributed by atoms with E-state index in [1.807, 2.05) is 0 Å². The predicted molar refractivity (Wildman–Crippen MR) is 77.3 cm³/mol. The van der Waals surface area contributed by atoms with Crippen LogP contribution < -0.4 is 0 Å². The summed E-state index contributed by atoms with van der Waals surface area (Å²) in [5.74, 6) is -0.462. The van der Waals surface area contributed by atoms with Gasteiger partial charge in [0.05, 0.1) is 0 Å². The van der Waals surface area contributed by atoms with Gasteiger partial charge in [0.25, 0.3) is 10.1 Å². The molecule has 0 spiro atoms. The molecule has 6 heteroatoms. The van der Waals surface area contributed by atoms with Crippen molar-refractivity contribution in [1.29, 1.82) is 0 Å². The van der Waals surface area contributed by atoms with Crippen LogP contribution in [0.3, 0.4) is 0 Å². The zero-order valence-corrected chi connectivity index (χ0v) is 12.3. The van der Waals surface area contributed by atoms with Gasteiger partial charge in [-0.05, 0) is 49.2 Å². The van der Waals surface area contributed by atoms with Crippen molar-refractivity contribution in [2.45, 2.75) is 18.7 Å². The van der Waals surface area contributed by atoms with Gasteiger partial charge in [0.1, 0.15) is 10.6 Å². The van der Waals surface area contributed by atoms with E-state index in [4.69, 9.17) is 0 Å². The molecule has 0 saturated carbocycles. The van der Waals surface area contributed by atoms with Gasteiger partial charge in [-0.3, -0.25) is 9.35 Å². The average Bonchev–Trinajstić information content (AvgIpc) is 2.41. The van der Waals surface area contributed by atoms with E-state index in [0.29, 0.717) is 11.1 Å². The fraction of sp³-hybridized carbons (Fsp3) is 0.133. The minimum absolute atomic E-state index is 0.0621. The lowest BCUT2D eigenvalue weighted by Crippen LogP contribution is -2.11. The second kappa shape index (κ2) is 5.31. The molecule has 0 aromatic heterocycles. The van der Waals surface area contributed by atoms with E-state index in [2.05, 4.69) is 0 Å². The monoisotopic (exact) mass is 306 g/mol. The molecule has 0 aliphatic heterocycles. The van der Waals surface area contributed by atoms with Crippen LogP contribution >= 0.6 is 0 Å². The van der Waals surface area contributed by atoms with Crippen LogP contribution in [0, 0.1) is 13.8 Å². The molecule has 0 unspecified atom stereocenters. The fourth-order valence-corrected chi connectivity index (χ4v) is 2.76. The number of aryl methyl sites for hydroxylation is 2. The number of aromatic hydroxyl groups is 1. The first-order chi connectivity index (χ1) is 9.71. The maximum atomic E-state index is 12.5. The van der Waals surface area contributed by atoms with Crippen LogP contribution in [0.25, 0.3) is 0 Å². The Labute approximate surface area is 122 Å². The van der Waals surface area contributed by atoms with Gasteiger partial charge in [0.15, 0.2) is 5.78 Å². The van der Waals surface area contributed by atoms with Gasteiger partial charge in [0.2, 0.25) is 0 Å². The molecule has 5 nitrogen and oxygen atoms in total. The zero-order chi connectivity index (χ0) is 15.8. The van der Waals surface area contributed by atoms with Crippen LogP contribution in [0.1, 0.15) is 27.0 Å². The van der Waals surface area contributed by atoms with Gasteiger partial charge in [-0.15, -0.1) is 0 Å². The van der Waals surface area contributed by atoms with Crippen molar-refractivity contribution in [3.63, 3.8) is 0 Å². The second-order valence-corrected chi connectivity index (χ2v) is 6.14. The quantitative estimate of drug-likeness (QED) is 0.671. The third kappa shape index (κ3) is 2.96. The number of ketones is 1. The van der Waals surface area contributed by atoms with Crippen LogP contribution in [-0.4, -0.2) is 23.9 Å². The highest BCUT2D eigenvalue weighted by Crippen LogP contribution is 2.25. The molecular formula is C15H14O5S. The molecule has 0 atom stereocenters. The van der Waals surface area contributed by atoms with Crippen LogP contribution in [-0.2, 0) is 10.1 Å². The van der Waals surface area contributed by atoms with E-state index in [0.717, 1.165) is 0 Å². The highest BCUT2D eigenvalue weighted by atomic mass is 32.2. The third-order valence-electron chi connectivity index (χ3n) is 3.20. The number of phenolic OH excluding ortho intramolecular Hbond substituents is 1. The molecule has 0 aliphatic rings. The number of carbonyl (C=O) groups is 1. The zero-order valence-electron chi connectivity index (χ0n) is 11.5. The largest absolute Gasteiger partial charge is 0.508 e. The smallest absolute Gasteiger partial charge is 0.295 e. The first-order valence-corrected chi connectivity index (χ1v) is 7.57. The van der Waals surface area contributed by atoms with E-state index < -0.39 is 20.8 Å². The van der Waals surface area contributed by atoms with E-state index in [-0.39, 0.29) is 16.9 Å². The van der Waals surface area contributed by atoms with Crippen molar-refractivity contribution in [3.8, 4) is 5.75 Å². The SMILES string of the molecule is Cc1cc(C(=O)c2ccccc2S(=O)(=O)O)c(C)cc1O. The molecule has 0 heterocycles. The van der Waals surface area contributed by atoms with E-state index in [1.54, 1.807) is 13.8 Å². The van der Waals surface area contributed by atoms with E-state index in [1.165, 1.54) is 36.4 Å². The maximum absolute atomic E-state index is 12.5. The first-order valence-electron chi connectivity index (χ1n) is 6.13. The Bertz CT molecular complexity index is 822. The van der Waals surface area contributed by atoms with Gasteiger partial charge in [-0.2, -0.15) is 8.42 Å². The Balaban J connectivity index is 2.65. The summed E-state index contributed by atoms with van der Waals surface area (Å²) in [5.41, 5.74) is 1.20. The summed E-state index contributed by atoms with van der Waals surface area (Å²) < 4.78 is 31.9. The molecule has 0 amide bonds. The van der Waals surface area contributed by atoms with E-state index >= 15 is 0 Å². The Kier molecular flexibility index (Phi) is 3.85. The molecule has 2 aromatic rings. The molecule has 0 fully saturated rings. The number of hydrogen-bond acceptors (Lipinski definition) is 4. The molecule has 0 radical (unpaired) electrons. The lowest BCUT2D eigenvalue weighted by molar-refractivity contribution is 0.103. The topological polar surface area (TPSA) is 91.7 Å². The Hall–Kier alpha value is -2.18. The number of phenols is 1. The van der Waals surface area contributed by atoms with Gasteiger partial charge in [0, 0.05) is 11.1 Å². The van der Waals surface area contributed by atoms with Crippen molar-refractivity contribution in [2.75, 3.05) is 0 Å². The van der Waals surface area contributed by atoms with Gasteiger partial charge in [-0.25, -0.2) is 0 Å². The van der Waals surface area contributed by atoms with Gasteiger partial charge in [-0.1, -0.05) is 12.1 Å². The Morgan fingerprint density at radius 1 is 1.00 bits per heavy atom. The van der Waals surface area contributed by atoms with Crippen molar-refractivity contribution in [1.82, 2.24) is 0 Å². The molecule has 21 heavy (non-hydrogen) atoms. The van der Waals surface area contributed by atoms with Crippen molar-refractivity contribution in [3.05, 3.63) is 58.7 Å². The average molecular weight is 306 g/mol.